The van der Waals surface area contributed by atoms with Crippen LogP contribution in [0.15, 0.2) is 29.2 Å². The molecule has 60 valence electrons. The highest BCUT2D eigenvalue weighted by atomic mass is 35.5. The third-order valence-corrected chi connectivity index (χ3v) is 1.54. The fraction of sp³-hybridized carbons (Fsp3) is 0. The maximum absolute atomic E-state index is 5.65. The molecule has 0 aliphatic carbocycles. The maximum Gasteiger partial charge on any atom is 0.220 e. The molecule has 0 aliphatic heterocycles. The van der Waals surface area contributed by atoms with E-state index < -0.39 is 0 Å². The molecule has 0 N–H and O–H groups in total. The Morgan fingerprint density at radius 1 is 1.25 bits per heavy atom. The van der Waals surface area contributed by atoms with E-state index in [1.54, 1.807) is 12.1 Å². The van der Waals surface area contributed by atoms with Gasteiger partial charge in [0.1, 0.15) is 5.69 Å². The van der Waals surface area contributed by atoms with Gasteiger partial charge in [-0.15, -0.1) is 0 Å². The number of pyridine rings is 1. The maximum atomic E-state index is 5.65. The van der Waals surface area contributed by atoms with Crippen molar-refractivity contribution in [1.29, 1.82) is 0 Å². The molecule has 2 aromatic heterocycles. The fourth-order valence-corrected chi connectivity index (χ4v) is 0.903. The van der Waals surface area contributed by atoms with E-state index in [1.807, 2.05) is 0 Å². The van der Waals surface area contributed by atoms with Crippen LogP contribution in [0.25, 0.3) is 11.5 Å². The smallest absolute Gasteiger partial charge is 0.220 e. The van der Waals surface area contributed by atoms with Crippen LogP contribution in [0.3, 0.4) is 0 Å². The Bertz CT molecular complexity index is 357. The highest BCUT2D eigenvalue weighted by Gasteiger charge is 2.02. The highest BCUT2D eigenvalue weighted by molar-refractivity contribution is 6.30. The molecule has 2 aromatic rings. The second kappa shape index (κ2) is 2.91. The molecule has 0 saturated heterocycles. The molecule has 2 heterocycles. The summed E-state index contributed by atoms with van der Waals surface area (Å²) in [6, 6.07) is 3.45. The normalized spacial score (nSPS) is 10.1. The van der Waals surface area contributed by atoms with Gasteiger partial charge >= 0.3 is 0 Å². The van der Waals surface area contributed by atoms with Crippen LogP contribution in [0.2, 0.25) is 5.02 Å². The lowest BCUT2D eigenvalue weighted by atomic mass is 10.3. The molecule has 0 amide bonds. The molecule has 0 saturated carbocycles. The van der Waals surface area contributed by atoms with Crippen LogP contribution in [0, 0.1) is 0 Å². The van der Waals surface area contributed by atoms with Crippen LogP contribution >= 0.6 is 11.6 Å². The Morgan fingerprint density at radius 2 is 2.17 bits per heavy atom. The summed E-state index contributed by atoms with van der Waals surface area (Å²) in [5, 5.41) is 4.21. The summed E-state index contributed by atoms with van der Waals surface area (Å²) in [6.45, 7) is 0. The molecule has 0 bridgehead atoms. The van der Waals surface area contributed by atoms with Crippen molar-refractivity contribution in [2.24, 2.45) is 0 Å². The van der Waals surface area contributed by atoms with Gasteiger partial charge in [-0.25, -0.2) is 0 Å². The molecular formula is C7H4ClN3O. The molecule has 12 heavy (non-hydrogen) atoms. The number of rotatable bonds is 1. The van der Waals surface area contributed by atoms with Gasteiger partial charge in [0.2, 0.25) is 12.2 Å². The number of nitrogens with zero attached hydrogens (tertiary/aromatic N) is 3. The van der Waals surface area contributed by atoms with E-state index in [2.05, 4.69) is 19.6 Å². The van der Waals surface area contributed by atoms with E-state index in [1.165, 1.54) is 12.6 Å². The van der Waals surface area contributed by atoms with Gasteiger partial charge in [-0.3, -0.25) is 4.98 Å². The van der Waals surface area contributed by atoms with Crippen molar-refractivity contribution in [3.05, 3.63) is 29.7 Å². The summed E-state index contributed by atoms with van der Waals surface area (Å²) >= 11 is 5.65. The summed E-state index contributed by atoms with van der Waals surface area (Å²) < 4.78 is 4.57. The van der Waals surface area contributed by atoms with Crippen LogP contribution in [0.5, 0.6) is 0 Å². The van der Waals surface area contributed by atoms with Gasteiger partial charge in [-0.05, 0) is 12.1 Å². The van der Waals surface area contributed by atoms with Gasteiger partial charge in [0, 0.05) is 6.20 Å². The molecule has 0 fully saturated rings. The van der Waals surface area contributed by atoms with Gasteiger partial charge in [0.05, 0.1) is 5.02 Å². The average Bonchev–Trinajstić information content (AvgIpc) is 2.58. The quantitative estimate of drug-likeness (QED) is 0.673. The fourth-order valence-electron chi connectivity index (χ4n) is 0.792. The van der Waals surface area contributed by atoms with Crippen molar-refractivity contribution in [2.75, 3.05) is 0 Å². The Labute approximate surface area is 73.2 Å². The first-order chi connectivity index (χ1) is 5.86. The van der Waals surface area contributed by atoms with Crippen LogP contribution in [0.1, 0.15) is 0 Å². The monoisotopic (exact) mass is 181 g/mol. The Balaban J connectivity index is 2.43. The largest absolute Gasteiger partial charge is 0.342 e. The zero-order valence-corrected chi connectivity index (χ0v) is 6.69. The third kappa shape index (κ3) is 1.29. The van der Waals surface area contributed by atoms with Crippen LogP contribution in [-0.4, -0.2) is 15.1 Å². The van der Waals surface area contributed by atoms with Gasteiger partial charge in [0.15, 0.2) is 0 Å². The number of aromatic nitrogens is 3. The Kier molecular flexibility index (Phi) is 1.75. The summed E-state index contributed by atoms with van der Waals surface area (Å²) in [4.78, 5) is 7.84. The molecule has 0 spiro atoms. The minimum absolute atomic E-state index is 0.465. The lowest BCUT2D eigenvalue weighted by molar-refractivity contribution is 0.418. The molecule has 5 heteroatoms. The second-order valence-corrected chi connectivity index (χ2v) is 2.55. The average molecular weight is 182 g/mol. The van der Waals surface area contributed by atoms with Crippen molar-refractivity contribution in [1.82, 2.24) is 15.1 Å². The second-order valence-electron chi connectivity index (χ2n) is 2.12. The van der Waals surface area contributed by atoms with Gasteiger partial charge < -0.3 is 4.52 Å². The Hall–Kier alpha value is -1.42. The van der Waals surface area contributed by atoms with E-state index in [0.29, 0.717) is 16.5 Å². The van der Waals surface area contributed by atoms with Gasteiger partial charge in [0.25, 0.3) is 0 Å². The number of halogens is 1. The molecule has 0 unspecified atom stereocenters. The predicted octanol–water partition coefficient (Wildman–Crippen LogP) is 1.78. The SMILES string of the molecule is Clc1ccc(-c2ncon2)nc1. The zero-order valence-electron chi connectivity index (χ0n) is 5.94. The number of hydrogen-bond acceptors (Lipinski definition) is 4. The van der Waals surface area contributed by atoms with Crippen molar-refractivity contribution in [2.45, 2.75) is 0 Å². The van der Waals surface area contributed by atoms with Crippen LogP contribution in [0.4, 0.5) is 0 Å². The first-order valence-electron chi connectivity index (χ1n) is 3.24. The van der Waals surface area contributed by atoms with Crippen LogP contribution < -0.4 is 0 Å². The molecule has 2 rings (SSSR count). The molecule has 0 radical (unpaired) electrons. The summed E-state index contributed by atoms with van der Waals surface area (Å²) in [7, 11) is 0. The van der Waals surface area contributed by atoms with Gasteiger partial charge in [-0.1, -0.05) is 16.8 Å². The summed E-state index contributed by atoms with van der Waals surface area (Å²) in [5.74, 6) is 0.465. The lowest BCUT2D eigenvalue weighted by Gasteiger charge is -1.91. The van der Waals surface area contributed by atoms with Crippen molar-refractivity contribution < 1.29 is 4.52 Å². The standard InChI is InChI=1S/C7H4ClN3O/c8-5-1-2-6(9-3-5)7-10-4-12-11-7/h1-4H. The van der Waals surface area contributed by atoms with E-state index in [-0.39, 0.29) is 0 Å². The molecule has 0 atom stereocenters. The predicted molar refractivity (Wildman–Crippen MR) is 42.5 cm³/mol. The first-order valence-corrected chi connectivity index (χ1v) is 3.62. The minimum atomic E-state index is 0.465. The molecule has 0 aromatic carbocycles. The molecule has 4 nitrogen and oxygen atoms in total. The number of hydrogen-bond donors (Lipinski definition) is 0. The van der Waals surface area contributed by atoms with Gasteiger partial charge in [-0.2, -0.15) is 4.98 Å². The first kappa shape index (κ1) is 7.24. The van der Waals surface area contributed by atoms with Crippen molar-refractivity contribution in [3.8, 4) is 11.5 Å². The molecular weight excluding hydrogens is 178 g/mol. The minimum Gasteiger partial charge on any atom is -0.342 e. The third-order valence-electron chi connectivity index (χ3n) is 1.32. The zero-order chi connectivity index (χ0) is 8.39. The summed E-state index contributed by atoms with van der Waals surface area (Å²) in [5.41, 5.74) is 0.646. The van der Waals surface area contributed by atoms with Crippen molar-refractivity contribution in [3.63, 3.8) is 0 Å². The Morgan fingerprint density at radius 3 is 2.75 bits per heavy atom. The van der Waals surface area contributed by atoms with Crippen LogP contribution in [-0.2, 0) is 0 Å². The van der Waals surface area contributed by atoms with E-state index >= 15 is 0 Å². The van der Waals surface area contributed by atoms with E-state index in [4.69, 9.17) is 11.6 Å². The van der Waals surface area contributed by atoms with Crippen molar-refractivity contribution >= 4 is 11.6 Å². The highest BCUT2D eigenvalue weighted by Crippen LogP contribution is 2.13. The van der Waals surface area contributed by atoms with E-state index in [9.17, 15) is 0 Å². The topological polar surface area (TPSA) is 51.8 Å². The lowest BCUT2D eigenvalue weighted by Crippen LogP contribution is -1.83. The van der Waals surface area contributed by atoms with E-state index in [0.717, 1.165) is 0 Å². The summed E-state index contributed by atoms with van der Waals surface area (Å²) in [6.07, 6.45) is 2.79. The molecule has 0 aliphatic rings.